The summed E-state index contributed by atoms with van der Waals surface area (Å²) in [4.78, 5) is 18.3. The van der Waals surface area contributed by atoms with Gasteiger partial charge < -0.3 is 15.4 Å². The number of amides is 1. The molecule has 2 N–H and O–H groups in total. The number of aromatic nitrogens is 1. The fourth-order valence-electron chi connectivity index (χ4n) is 2.62. The fraction of sp³-hybridized carbons (Fsp3) is 0.375. The summed E-state index contributed by atoms with van der Waals surface area (Å²) < 4.78 is 5.79. The van der Waals surface area contributed by atoms with Gasteiger partial charge >= 0.3 is 0 Å². The van der Waals surface area contributed by atoms with E-state index in [2.05, 4.69) is 4.98 Å². The molecule has 0 bridgehead atoms. The Hall–Kier alpha value is -1.92. The van der Waals surface area contributed by atoms with Gasteiger partial charge in [0, 0.05) is 24.7 Å². The van der Waals surface area contributed by atoms with Crippen LogP contribution < -0.4 is 5.73 Å². The summed E-state index contributed by atoms with van der Waals surface area (Å²) >= 11 is 1.55. The quantitative estimate of drug-likeness (QED) is 0.938. The summed E-state index contributed by atoms with van der Waals surface area (Å²) in [6.45, 7) is 1.90. The Bertz CT molecular complexity index is 630. The Labute approximate surface area is 133 Å². The zero-order valence-electron chi connectivity index (χ0n) is 12.3. The van der Waals surface area contributed by atoms with E-state index < -0.39 is 0 Å². The molecule has 1 aliphatic rings. The minimum Gasteiger partial charge on any atom is -0.384 e. The number of pyridine rings is 1. The SMILES string of the molecule is Nc1cc(CC[C@@H]2CN(C(=O)c3ccsc3)CCO2)ccn1. The molecule has 1 atom stereocenters. The lowest BCUT2D eigenvalue weighted by molar-refractivity contribution is -0.0245. The maximum absolute atomic E-state index is 12.4. The van der Waals surface area contributed by atoms with E-state index in [1.807, 2.05) is 33.9 Å². The van der Waals surface area contributed by atoms with Crippen molar-refractivity contribution in [2.75, 3.05) is 25.4 Å². The number of nitrogens with zero attached hydrogens (tertiary/aromatic N) is 2. The van der Waals surface area contributed by atoms with E-state index in [4.69, 9.17) is 10.5 Å². The van der Waals surface area contributed by atoms with Crippen molar-refractivity contribution in [1.82, 2.24) is 9.88 Å². The molecular weight excluding hydrogens is 298 g/mol. The molecule has 0 aliphatic carbocycles. The van der Waals surface area contributed by atoms with Crippen LogP contribution in [0.4, 0.5) is 5.82 Å². The van der Waals surface area contributed by atoms with Crippen LogP contribution in [0.15, 0.2) is 35.2 Å². The van der Waals surface area contributed by atoms with Crippen LogP contribution in [0.5, 0.6) is 0 Å². The predicted molar refractivity (Wildman–Crippen MR) is 86.9 cm³/mol. The molecule has 0 radical (unpaired) electrons. The highest BCUT2D eigenvalue weighted by Gasteiger charge is 2.25. The van der Waals surface area contributed by atoms with E-state index in [1.54, 1.807) is 17.5 Å². The molecule has 3 rings (SSSR count). The van der Waals surface area contributed by atoms with Crippen molar-refractivity contribution < 1.29 is 9.53 Å². The Morgan fingerprint density at radius 1 is 1.50 bits per heavy atom. The third-order valence-corrected chi connectivity index (χ3v) is 4.48. The summed E-state index contributed by atoms with van der Waals surface area (Å²) in [6.07, 6.45) is 3.54. The second kappa shape index (κ2) is 6.89. The lowest BCUT2D eigenvalue weighted by Gasteiger charge is -2.33. The zero-order valence-corrected chi connectivity index (χ0v) is 13.1. The van der Waals surface area contributed by atoms with Gasteiger partial charge in [-0.15, -0.1) is 0 Å². The predicted octanol–water partition coefficient (Wildman–Crippen LogP) is 2.20. The molecule has 0 unspecified atom stereocenters. The minimum atomic E-state index is 0.0747. The van der Waals surface area contributed by atoms with Crippen LogP contribution >= 0.6 is 11.3 Å². The van der Waals surface area contributed by atoms with Crippen LogP contribution in [0.2, 0.25) is 0 Å². The van der Waals surface area contributed by atoms with Crippen LogP contribution in [0.25, 0.3) is 0 Å². The molecule has 2 aromatic heterocycles. The molecule has 22 heavy (non-hydrogen) atoms. The Morgan fingerprint density at radius 2 is 2.41 bits per heavy atom. The van der Waals surface area contributed by atoms with Gasteiger partial charge in [-0.05, 0) is 42.0 Å². The molecule has 0 saturated carbocycles. The highest BCUT2D eigenvalue weighted by Crippen LogP contribution is 2.16. The van der Waals surface area contributed by atoms with Crippen molar-refractivity contribution in [3.05, 3.63) is 46.3 Å². The lowest BCUT2D eigenvalue weighted by atomic mass is 10.1. The standard InChI is InChI=1S/C16H19N3O2S/c17-15-9-12(3-5-18-15)1-2-14-10-19(6-7-21-14)16(20)13-4-8-22-11-13/h3-5,8-9,11,14H,1-2,6-7,10H2,(H2,17,18)/t14-/m1/s1. The molecule has 1 saturated heterocycles. The average Bonchev–Trinajstić information content (AvgIpc) is 3.07. The van der Waals surface area contributed by atoms with Gasteiger partial charge in [-0.1, -0.05) is 0 Å². The molecule has 1 amide bonds. The van der Waals surface area contributed by atoms with Gasteiger partial charge in [-0.2, -0.15) is 11.3 Å². The van der Waals surface area contributed by atoms with Gasteiger partial charge in [0.25, 0.3) is 5.91 Å². The molecule has 2 aromatic rings. The van der Waals surface area contributed by atoms with Crippen LogP contribution in [0, 0.1) is 0 Å². The van der Waals surface area contributed by atoms with Gasteiger partial charge in [0.15, 0.2) is 0 Å². The third kappa shape index (κ3) is 3.64. The first-order valence-electron chi connectivity index (χ1n) is 7.36. The minimum absolute atomic E-state index is 0.0747. The highest BCUT2D eigenvalue weighted by atomic mass is 32.1. The topological polar surface area (TPSA) is 68.5 Å². The summed E-state index contributed by atoms with van der Waals surface area (Å²) in [5.74, 6) is 0.638. The monoisotopic (exact) mass is 317 g/mol. The van der Waals surface area contributed by atoms with Crippen molar-refractivity contribution in [1.29, 1.82) is 0 Å². The van der Waals surface area contributed by atoms with Crippen LogP contribution in [0.3, 0.4) is 0 Å². The first-order valence-corrected chi connectivity index (χ1v) is 8.30. The average molecular weight is 317 g/mol. The van der Waals surface area contributed by atoms with Crippen molar-refractivity contribution in [2.45, 2.75) is 18.9 Å². The number of carbonyl (C=O) groups is 1. The van der Waals surface area contributed by atoms with Crippen LogP contribution in [-0.2, 0) is 11.2 Å². The normalized spacial score (nSPS) is 18.4. The number of hydrogen-bond acceptors (Lipinski definition) is 5. The maximum Gasteiger partial charge on any atom is 0.254 e. The molecule has 3 heterocycles. The van der Waals surface area contributed by atoms with Gasteiger partial charge in [-0.25, -0.2) is 4.98 Å². The number of carbonyl (C=O) groups excluding carboxylic acids is 1. The van der Waals surface area contributed by atoms with E-state index >= 15 is 0 Å². The number of anilines is 1. The van der Waals surface area contributed by atoms with E-state index in [0.29, 0.717) is 25.5 Å². The number of nitrogens with two attached hydrogens (primary N) is 1. The van der Waals surface area contributed by atoms with E-state index in [0.717, 1.165) is 24.0 Å². The Balaban J connectivity index is 1.55. The second-order valence-electron chi connectivity index (χ2n) is 5.38. The first kappa shape index (κ1) is 15.0. The Morgan fingerprint density at radius 3 is 3.18 bits per heavy atom. The summed E-state index contributed by atoms with van der Waals surface area (Å²) in [5.41, 5.74) is 7.61. The number of nitrogen functional groups attached to an aromatic ring is 1. The molecule has 116 valence electrons. The lowest BCUT2D eigenvalue weighted by Crippen LogP contribution is -2.45. The molecule has 1 aliphatic heterocycles. The molecule has 6 heteroatoms. The van der Waals surface area contributed by atoms with E-state index in [9.17, 15) is 4.79 Å². The number of rotatable bonds is 4. The largest absolute Gasteiger partial charge is 0.384 e. The van der Waals surface area contributed by atoms with Crippen LogP contribution in [0.1, 0.15) is 22.3 Å². The smallest absolute Gasteiger partial charge is 0.254 e. The first-order chi connectivity index (χ1) is 10.7. The van der Waals surface area contributed by atoms with Crippen molar-refractivity contribution in [2.24, 2.45) is 0 Å². The van der Waals surface area contributed by atoms with Crippen molar-refractivity contribution in [3.63, 3.8) is 0 Å². The molecule has 0 aromatic carbocycles. The van der Waals surface area contributed by atoms with E-state index in [-0.39, 0.29) is 12.0 Å². The third-order valence-electron chi connectivity index (χ3n) is 3.79. The van der Waals surface area contributed by atoms with Crippen LogP contribution in [-0.4, -0.2) is 41.6 Å². The van der Waals surface area contributed by atoms with Crippen molar-refractivity contribution in [3.8, 4) is 0 Å². The second-order valence-corrected chi connectivity index (χ2v) is 6.16. The number of thiophene rings is 1. The zero-order chi connectivity index (χ0) is 15.4. The fourth-order valence-corrected chi connectivity index (χ4v) is 3.25. The Kier molecular flexibility index (Phi) is 4.70. The number of ether oxygens (including phenoxy) is 1. The summed E-state index contributed by atoms with van der Waals surface area (Å²) in [6, 6.07) is 5.72. The number of morpholine rings is 1. The summed E-state index contributed by atoms with van der Waals surface area (Å²) in [7, 11) is 0. The van der Waals surface area contributed by atoms with E-state index in [1.165, 1.54) is 0 Å². The molecule has 0 spiro atoms. The van der Waals surface area contributed by atoms with Gasteiger partial charge in [0.1, 0.15) is 5.82 Å². The van der Waals surface area contributed by atoms with Crippen molar-refractivity contribution >= 4 is 23.1 Å². The number of hydrogen-bond donors (Lipinski definition) is 1. The highest BCUT2D eigenvalue weighted by molar-refractivity contribution is 7.08. The van der Waals surface area contributed by atoms with Gasteiger partial charge in [0.2, 0.25) is 0 Å². The molecule has 1 fully saturated rings. The number of aryl methyl sites for hydroxylation is 1. The maximum atomic E-state index is 12.4. The van der Waals surface area contributed by atoms with Gasteiger partial charge in [-0.3, -0.25) is 4.79 Å². The van der Waals surface area contributed by atoms with Gasteiger partial charge in [0.05, 0.1) is 18.3 Å². The summed E-state index contributed by atoms with van der Waals surface area (Å²) in [5, 5.41) is 3.82. The molecule has 5 nitrogen and oxygen atoms in total. The molecular formula is C16H19N3O2S.